The molecular weight excluding hydrogens is 202 g/mol. The van der Waals surface area contributed by atoms with Crippen molar-refractivity contribution >= 4 is 17.4 Å². The van der Waals surface area contributed by atoms with E-state index in [1.54, 1.807) is 11.8 Å². The van der Waals surface area contributed by atoms with Crippen LogP contribution in [0, 0.1) is 6.92 Å². The fourth-order valence-electron chi connectivity index (χ4n) is 1.29. The fourth-order valence-corrected chi connectivity index (χ4v) is 1.93. The van der Waals surface area contributed by atoms with Crippen molar-refractivity contribution in [2.45, 2.75) is 6.92 Å². The maximum absolute atomic E-state index is 11.8. The Labute approximate surface area is 85.9 Å². The Morgan fingerprint density at radius 2 is 2.21 bits per heavy atom. The Bertz CT molecular complexity index is 333. The molecule has 1 amide bonds. The van der Waals surface area contributed by atoms with E-state index in [9.17, 15) is 4.79 Å². The van der Waals surface area contributed by atoms with Crippen molar-refractivity contribution in [1.82, 2.24) is 14.3 Å². The van der Waals surface area contributed by atoms with Gasteiger partial charge >= 0.3 is 0 Å². The Morgan fingerprint density at radius 1 is 1.50 bits per heavy atom. The highest BCUT2D eigenvalue weighted by Gasteiger charge is 2.21. The van der Waals surface area contributed by atoms with E-state index in [0.29, 0.717) is 37.1 Å². The lowest BCUT2D eigenvalue weighted by molar-refractivity contribution is 0.0302. The number of aromatic nitrogens is 2. The number of carbonyl (C=O) groups is 1. The van der Waals surface area contributed by atoms with E-state index < -0.39 is 0 Å². The van der Waals surface area contributed by atoms with Crippen LogP contribution in [0.1, 0.15) is 15.6 Å². The molecule has 1 saturated heterocycles. The maximum Gasteiger partial charge on any atom is 0.284 e. The second-order valence-corrected chi connectivity index (χ2v) is 3.80. The lowest BCUT2D eigenvalue weighted by Gasteiger charge is -2.25. The van der Waals surface area contributed by atoms with E-state index >= 15 is 0 Å². The summed E-state index contributed by atoms with van der Waals surface area (Å²) < 4.78 is 9.15. The number of rotatable bonds is 1. The number of amides is 1. The summed E-state index contributed by atoms with van der Waals surface area (Å²) >= 11 is 1.16. The standard InChI is InChI=1S/C8H11N3O2S/c1-6-9-7(14-10-6)8(12)11-2-4-13-5-3-11/h2-5H2,1H3. The van der Waals surface area contributed by atoms with E-state index in [4.69, 9.17) is 4.74 Å². The number of nitrogens with zero attached hydrogens (tertiary/aromatic N) is 3. The molecule has 1 aliphatic heterocycles. The fraction of sp³-hybridized carbons (Fsp3) is 0.625. The molecule has 6 heteroatoms. The average Bonchev–Trinajstić information content (AvgIpc) is 2.65. The van der Waals surface area contributed by atoms with Gasteiger partial charge in [-0.3, -0.25) is 4.79 Å². The molecule has 2 rings (SSSR count). The summed E-state index contributed by atoms with van der Waals surface area (Å²) in [6, 6.07) is 0. The average molecular weight is 213 g/mol. The zero-order valence-corrected chi connectivity index (χ0v) is 8.71. The molecule has 0 radical (unpaired) electrons. The first kappa shape index (κ1) is 9.54. The highest BCUT2D eigenvalue weighted by atomic mass is 32.1. The van der Waals surface area contributed by atoms with Crippen LogP contribution in [0.25, 0.3) is 0 Å². The van der Waals surface area contributed by atoms with Gasteiger partial charge in [0.25, 0.3) is 5.91 Å². The number of hydrogen-bond donors (Lipinski definition) is 0. The molecule has 0 atom stereocenters. The normalized spacial score (nSPS) is 17.1. The van der Waals surface area contributed by atoms with Gasteiger partial charge in [-0.15, -0.1) is 0 Å². The molecule has 76 valence electrons. The summed E-state index contributed by atoms with van der Waals surface area (Å²) in [5, 5.41) is 0.476. The van der Waals surface area contributed by atoms with Gasteiger partial charge in [0, 0.05) is 13.1 Å². The van der Waals surface area contributed by atoms with Gasteiger partial charge in [-0.25, -0.2) is 4.98 Å². The minimum atomic E-state index is -0.0288. The van der Waals surface area contributed by atoms with E-state index in [0.717, 1.165) is 11.5 Å². The zero-order chi connectivity index (χ0) is 9.97. The van der Waals surface area contributed by atoms with Gasteiger partial charge in [0.2, 0.25) is 5.01 Å². The minimum absolute atomic E-state index is 0.0288. The number of carbonyl (C=O) groups excluding carboxylic acids is 1. The minimum Gasteiger partial charge on any atom is -0.378 e. The SMILES string of the molecule is Cc1nsc(C(=O)N2CCOCC2)n1. The number of hydrogen-bond acceptors (Lipinski definition) is 5. The molecule has 5 nitrogen and oxygen atoms in total. The van der Waals surface area contributed by atoms with Gasteiger partial charge < -0.3 is 9.64 Å². The van der Waals surface area contributed by atoms with E-state index in [-0.39, 0.29) is 5.91 Å². The highest BCUT2D eigenvalue weighted by Crippen LogP contribution is 2.09. The zero-order valence-electron chi connectivity index (χ0n) is 7.89. The van der Waals surface area contributed by atoms with Crippen LogP contribution < -0.4 is 0 Å². The van der Waals surface area contributed by atoms with E-state index in [1.165, 1.54) is 0 Å². The van der Waals surface area contributed by atoms with Crippen LogP contribution in [-0.4, -0.2) is 46.5 Å². The summed E-state index contributed by atoms with van der Waals surface area (Å²) in [5.74, 6) is 0.630. The molecule has 1 fully saturated rings. The molecule has 0 aromatic carbocycles. The monoisotopic (exact) mass is 213 g/mol. The van der Waals surface area contributed by atoms with Gasteiger partial charge in [-0.05, 0) is 18.5 Å². The van der Waals surface area contributed by atoms with Crippen molar-refractivity contribution in [3.63, 3.8) is 0 Å². The topological polar surface area (TPSA) is 55.3 Å². The third-order valence-electron chi connectivity index (χ3n) is 2.01. The first-order chi connectivity index (χ1) is 6.77. The van der Waals surface area contributed by atoms with Crippen LogP contribution >= 0.6 is 11.5 Å². The second kappa shape index (κ2) is 4.02. The Kier molecular flexibility index (Phi) is 2.74. The first-order valence-corrected chi connectivity index (χ1v) is 5.22. The van der Waals surface area contributed by atoms with E-state index in [2.05, 4.69) is 9.36 Å². The van der Waals surface area contributed by atoms with Crippen LogP contribution in [0.2, 0.25) is 0 Å². The summed E-state index contributed by atoms with van der Waals surface area (Å²) in [6.07, 6.45) is 0. The van der Waals surface area contributed by atoms with Crippen molar-refractivity contribution < 1.29 is 9.53 Å². The quantitative estimate of drug-likeness (QED) is 0.674. The van der Waals surface area contributed by atoms with Crippen LogP contribution in [0.5, 0.6) is 0 Å². The molecule has 2 heterocycles. The van der Waals surface area contributed by atoms with Crippen LogP contribution in [0.15, 0.2) is 0 Å². The van der Waals surface area contributed by atoms with E-state index in [1.807, 2.05) is 0 Å². The van der Waals surface area contributed by atoms with Gasteiger partial charge in [-0.1, -0.05) is 0 Å². The maximum atomic E-state index is 11.8. The Hall–Kier alpha value is -1.01. The van der Waals surface area contributed by atoms with Crippen LogP contribution in [-0.2, 0) is 4.74 Å². The van der Waals surface area contributed by atoms with Gasteiger partial charge in [-0.2, -0.15) is 4.37 Å². The highest BCUT2D eigenvalue weighted by molar-refractivity contribution is 7.07. The molecule has 14 heavy (non-hydrogen) atoms. The molecule has 0 saturated carbocycles. The Morgan fingerprint density at radius 3 is 2.79 bits per heavy atom. The van der Waals surface area contributed by atoms with Gasteiger partial charge in [0.1, 0.15) is 5.82 Å². The van der Waals surface area contributed by atoms with Crippen molar-refractivity contribution in [2.75, 3.05) is 26.3 Å². The predicted molar refractivity (Wildman–Crippen MR) is 51.4 cm³/mol. The molecule has 1 aliphatic rings. The lowest BCUT2D eigenvalue weighted by Crippen LogP contribution is -2.40. The largest absolute Gasteiger partial charge is 0.378 e. The molecule has 1 aromatic heterocycles. The molecule has 0 spiro atoms. The summed E-state index contributed by atoms with van der Waals surface area (Å²) in [7, 11) is 0. The lowest BCUT2D eigenvalue weighted by atomic mass is 10.4. The van der Waals surface area contributed by atoms with Crippen molar-refractivity contribution in [1.29, 1.82) is 0 Å². The van der Waals surface area contributed by atoms with Crippen LogP contribution in [0.3, 0.4) is 0 Å². The Balaban J connectivity index is 2.07. The number of ether oxygens (including phenoxy) is 1. The van der Waals surface area contributed by atoms with Crippen LogP contribution in [0.4, 0.5) is 0 Å². The number of aryl methyl sites for hydroxylation is 1. The summed E-state index contributed by atoms with van der Waals surface area (Å²) in [4.78, 5) is 17.6. The molecule has 0 N–H and O–H groups in total. The van der Waals surface area contributed by atoms with Gasteiger partial charge in [0.05, 0.1) is 13.2 Å². The summed E-state index contributed by atoms with van der Waals surface area (Å²) in [5.41, 5.74) is 0. The molecular formula is C8H11N3O2S. The number of morpholine rings is 1. The second-order valence-electron chi connectivity index (χ2n) is 3.05. The molecule has 0 aliphatic carbocycles. The third kappa shape index (κ3) is 1.91. The van der Waals surface area contributed by atoms with Crippen molar-refractivity contribution in [2.24, 2.45) is 0 Å². The molecule has 0 bridgehead atoms. The van der Waals surface area contributed by atoms with Crippen molar-refractivity contribution in [3.05, 3.63) is 10.8 Å². The van der Waals surface area contributed by atoms with Gasteiger partial charge in [0.15, 0.2) is 0 Å². The smallest absolute Gasteiger partial charge is 0.284 e. The molecule has 0 unspecified atom stereocenters. The third-order valence-corrected chi connectivity index (χ3v) is 2.80. The molecule has 1 aromatic rings. The predicted octanol–water partition coefficient (Wildman–Crippen LogP) is 0.319. The van der Waals surface area contributed by atoms with Crippen molar-refractivity contribution in [3.8, 4) is 0 Å². The summed E-state index contributed by atoms with van der Waals surface area (Å²) in [6.45, 7) is 4.31. The first-order valence-electron chi connectivity index (χ1n) is 4.45.